The van der Waals surface area contributed by atoms with E-state index in [1.807, 2.05) is 42.5 Å². The van der Waals surface area contributed by atoms with Gasteiger partial charge < -0.3 is 20.2 Å². The number of benzene rings is 1. The van der Waals surface area contributed by atoms with Gasteiger partial charge in [-0.25, -0.2) is 0 Å². The molecule has 2 aromatic rings. The first-order valence-electron chi connectivity index (χ1n) is 6.99. The molecule has 0 fully saturated rings. The molecule has 1 aromatic carbocycles. The van der Waals surface area contributed by atoms with Crippen LogP contribution in [-0.2, 0) is 6.54 Å². The quantitative estimate of drug-likeness (QED) is 0.645. The molecule has 0 saturated carbocycles. The zero-order chi connectivity index (χ0) is 14.2. The SMILES string of the molecule is C[C@@H](O)CNCCNCc1ccc(-c2ccccc2)o1. The summed E-state index contributed by atoms with van der Waals surface area (Å²) >= 11 is 0. The Morgan fingerprint density at radius 3 is 2.55 bits per heavy atom. The second-order valence-electron chi connectivity index (χ2n) is 4.86. The second kappa shape index (κ2) is 7.85. The van der Waals surface area contributed by atoms with Crippen LogP contribution in [-0.4, -0.2) is 30.8 Å². The molecule has 0 saturated heterocycles. The van der Waals surface area contributed by atoms with E-state index in [9.17, 15) is 0 Å². The number of nitrogens with one attached hydrogen (secondary N) is 2. The first-order chi connectivity index (χ1) is 9.75. The predicted octanol–water partition coefficient (Wildman–Crippen LogP) is 2.01. The summed E-state index contributed by atoms with van der Waals surface area (Å²) < 4.78 is 5.79. The lowest BCUT2D eigenvalue weighted by Gasteiger charge is -2.07. The average molecular weight is 274 g/mol. The Morgan fingerprint density at radius 2 is 1.80 bits per heavy atom. The van der Waals surface area contributed by atoms with Crippen LogP contribution in [0.25, 0.3) is 11.3 Å². The molecule has 0 amide bonds. The van der Waals surface area contributed by atoms with E-state index in [2.05, 4.69) is 10.6 Å². The summed E-state index contributed by atoms with van der Waals surface area (Å²) in [4.78, 5) is 0. The van der Waals surface area contributed by atoms with Crippen LogP contribution in [0.3, 0.4) is 0 Å². The highest BCUT2D eigenvalue weighted by molar-refractivity contribution is 5.57. The van der Waals surface area contributed by atoms with E-state index in [-0.39, 0.29) is 6.10 Å². The van der Waals surface area contributed by atoms with Crippen LogP contribution in [0.1, 0.15) is 12.7 Å². The third-order valence-corrected chi connectivity index (χ3v) is 2.94. The summed E-state index contributed by atoms with van der Waals surface area (Å²) in [5.41, 5.74) is 1.09. The zero-order valence-electron chi connectivity index (χ0n) is 11.8. The maximum absolute atomic E-state index is 9.10. The normalized spacial score (nSPS) is 12.5. The van der Waals surface area contributed by atoms with Gasteiger partial charge in [-0.3, -0.25) is 0 Å². The standard InChI is InChI=1S/C16H22N2O2/c1-13(19)11-17-9-10-18-12-15-7-8-16(20-15)14-5-3-2-4-6-14/h2-8,13,17-19H,9-12H2,1H3/t13-/m1/s1. The Bertz CT molecular complexity index is 494. The van der Waals surface area contributed by atoms with E-state index < -0.39 is 0 Å². The van der Waals surface area contributed by atoms with Crippen molar-refractivity contribution in [1.82, 2.24) is 10.6 Å². The summed E-state index contributed by atoms with van der Waals surface area (Å²) in [6.45, 7) is 4.78. The van der Waals surface area contributed by atoms with Gasteiger partial charge >= 0.3 is 0 Å². The summed E-state index contributed by atoms with van der Waals surface area (Å²) in [6, 6.07) is 14.1. The van der Waals surface area contributed by atoms with Gasteiger partial charge in [0, 0.05) is 25.2 Å². The van der Waals surface area contributed by atoms with Crippen LogP contribution in [0, 0.1) is 0 Å². The molecular formula is C16H22N2O2. The molecule has 0 aliphatic carbocycles. The van der Waals surface area contributed by atoms with E-state index in [4.69, 9.17) is 9.52 Å². The lowest BCUT2D eigenvalue weighted by atomic mass is 10.2. The molecule has 2 rings (SSSR count). The number of furan rings is 1. The van der Waals surface area contributed by atoms with Gasteiger partial charge in [0.2, 0.25) is 0 Å². The molecule has 0 unspecified atom stereocenters. The highest BCUT2D eigenvalue weighted by atomic mass is 16.3. The van der Waals surface area contributed by atoms with Gasteiger partial charge in [-0.2, -0.15) is 0 Å². The van der Waals surface area contributed by atoms with Gasteiger partial charge in [-0.05, 0) is 19.1 Å². The smallest absolute Gasteiger partial charge is 0.134 e. The van der Waals surface area contributed by atoms with Gasteiger partial charge in [0.25, 0.3) is 0 Å². The molecule has 1 atom stereocenters. The maximum Gasteiger partial charge on any atom is 0.134 e. The van der Waals surface area contributed by atoms with Crippen molar-refractivity contribution in [3.63, 3.8) is 0 Å². The van der Waals surface area contributed by atoms with Crippen LogP contribution in [0.5, 0.6) is 0 Å². The number of aliphatic hydroxyl groups excluding tert-OH is 1. The molecule has 4 heteroatoms. The summed E-state index contributed by atoms with van der Waals surface area (Å²) in [5.74, 6) is 1.83. The number of hydrogen-bond donors (Lipinski definition) is 3. The second-order valence-corrected chi connectivity index (χ2v) is 4.86. The minimum absolute atomic E-state index is 0.298. The van der Waals surface area contributed by atoms with Crippen molar-refractivity contribution in [2.45, 2.75) is 19.6 Å². The molecule has 0 spiro atoms. The molecule has 108 valence electrons. The van der Waals surface area contributed by atoms with E-state index in [0.29, 0.717) is 13.1 Å². The number of aliphatic hydroxyl groups is 1. The van der Waals surface area contributed by atoms with Crippen molar-refractivity contribution in [2.24, 2.45) is 0 Å². The van der Waals surface area contributed by atoms with Crippen molar-refractivity contribution in [1.29, 1.82) is 0 Å². The first kappa shape index (κ1) is 14.8. The zero-order valence-corrected chi connectivity index (χ0v) is 11.8. The topological polar surface area (TPSA) is 57.4 Å². The van der Waals surface area contributed by atoms with E-state index in [1.54, 1.807) is 6.92 Å². The molecule has 0 bridgehead atoms. The van der Waals surface area contributed by atoms with Crippen LogP contribution in [0.15, 0.2) is 46.9 Å². The van der Waals surface area contributed by atoms with Crippen molar-refractivity contribution in [3.05, 3.63) is 48.2 Å². The van der Waals surface area contributed by atoms with Gasteiger partial charge in [0.15, 0.2) is 0 Å². The highest BCUT2D eigenvalue weighted by Crippen LogP contribution is 2.21. The van der Waals surface area contributed by atoms with Gasteiger partial charge in [0.1, 0.15) is 11.5 Å². The molecule has 1 heterocycles. The monoisotopic (exact) mass is 274 g/mol. The van der Waals surface area contributed by atoms with Crippen LogP contribution in [0.4, 0.5) is 0 Å². The van der Waals surface area contributed by atoms with Gasteiger partial charge in [-0.1, -0.05) is 30.3 Å². The van der Waals surface area contributed by atoms with Crippen molar-refractivity contribution < 1.29 is 9.52 Å². The van der Waals surface area contributed by atoms with Gasteiger partial charge in [-0.15, -0.1) is 0 Å². The average Bonchev–Trinajstić information content (AvgIpc) is 2.92. The third kappa shape index (κ3) is 4.81. The highest BCUT2D eigenvalue weighted by Gasteiger charge is 2.03. The molecule has 0 aliphatic heterocycles. The third-order valence-electron chi connectivity index (χ3n) is 2.94. The van der Waals surface area contributed by atoms with Crippen LogP contribution < -0.4 is 10.6 Å². The molecule has 0 aliphatic rings. The minimum Gasteiger partial charge on any atom is -0.460 e. The molecular weight excluding hydrogens is 252 g/mol. The van der Waals surface area contributed by atoms with Gasteiger partial charge in [0.05, 0.1) is 12.6 Å². The van der Waals surface area contributed by atoms with Crippen LogP contribution >= 0.6 is 0 Å². The van der Waals surface area contributed by atoms with E-state index in [1.165, 1.54) is 0 Å². The Labute approximate surface area is 119 Å². The summed E-state index contributed by atoms with van der Waals surface area (Å²) in [5, 5.41) is 15.6. The fourth-order valence-electron chi connectivity index (χ4n) is 1.93. The first-order valence-corrected chi connectivity index (χ1v) is 6.99. The Balaban J connectivity index is 1.71. The largest absolute Gasteiger partial charge is 0.460 e. The van der Waals surface area contributed by atoms with E-state index >= 15 is 0 Å². The number of rotatable bonds is 8. The molecule has 3 N–H and O–H groups in total. The van der Waals surface area contributed by atoms with E-state index in [0.717, 1.165) is 30.2 Å². The minimum atomic E-state index is -0.298. The van der Waals surface area contributed by atoms with Crippen molar-refractivity contribution in [3.8, 4) is 11.3 Å². The lowest BCUT2D eigenvalue weighted by molar-refractivity contribution is 0.191. The summed E-state index contributed by atoms with van der Waals surface area (Å²) in [7, 11) is 0. The molecule has 20 heavy (non-hydrogen) atoms. The Hall–Kier alpha value is -1.62. The van der Waals surface area contributed by atoms with Crippen molar-refractivity contribution in [2.75, 3.05) is 19.6 Å². The van der Waals surface area contributed by atoms with Crippen LogP contribution in [0.2, 0.25) is 0 Å². The number of hydrogen-bond acceptors (Lipinski definition) is 4. The van der Waals surface area contributed by atoms with Crippen molar-refractivity contribution >= 4 is 0 Å². The molecule has 0 radical (unpaired) electrons. The fourth-order valence-corrected chi connectivity index (χ4v) is 1.93. The summed E-state index contributed by atoms with van der Waals surface area (Å²) in [6.07, 6.45) is -0.298. The molecule has 4 nitrogen and oxygen atoms in total. The lowest BCUT2D eigenvalue weighted by Crippen LogP contribution is -2.31. The Kier molecular flexibility index (Phi) is 5.80. The Morgan fingerprint density at radius 1 is 1.05 bits per heavy atom. The maximum atomic E-state index is 9.10. The predicted molar refractivity (Wildman–Crippen MR) is 80.4 cm³/mol. The molecule has 1 aromatic heterocycles. The fraction of sp³-hybridized carbons (Fsp3) is 0.375.